The smallest absolute Gasteiger partial charge is 0.271 e. The Kier molecular flexibility index (Phi) is 5.51. The van der Waals surface area contributed by atoms with E-state index >= 15 is 0 Å². The molecule has 6 N–H and O–H groups in total. The molecular formula is C20H21F2N7O2. The van der Waals surface area contributed by atoms with E-state index in [0.29, 0.717) is 18.5 Å². The highest BCUT2D eigenvalue weighted by Gasteiger charge is 2.44. The number of carbonyl (C=O) groups is 1. The van der Waals surface area contributed by atoms with Crippen LogP contribution in [0.3, 0.4) is 0 Å². The molecule has 0 aliphatic heterocycles. The number of hydrogen-bond donors (Lipinski definition) is 4. The summed E-state index contributed by atoms with van der Waals surface area (Å²) in [6.45, 7) is 0. The number of primary amides is 1. The zero-order valence-electron chi connectivity index (χ0n) is 16.4. The third kappa shape index (κ3) is 4.45. The second kappa shape index (κ2) is 8.26. The molecule has 2 heterocycles. The van der Waals surface area contributed by atoms with E-state index in [2.05, 4.69) is 25.8 Å². The molecule has 1 saturated carbocycles. The van der Waals surface area contributed by atoms with Crippen molar-refractivity contribution >= 4 is 23.4 Å². The van der Waals surface area contributed by atoms with E-state index in [1.807, 2.05) is 30.3 Å². The zero-order valence-corrected chi connectivity index (χ0v) is 16.4. The van der Waals surface area contributed by atoms with Crippen LogP contribution in [-0.2, 0) is 0 Å². The number of anilines is 3. The number of nitrogens with one attached hydrogen (secondary N) is 2. The predicted octanol–water partition coefficient (Wildman–Crippen LogP) is 2.90. The number of benzene rings is 1. The van der Waals surface area contributed by atoms with Crippen LogP contribution in [0.1, 0.15) is 29.8 Å². The number of carbonyl (C=O) groups excluding carboxylic acids is 1. The van der Waals surface area contributed by atoms with Gasteiger partial charge in [-0.3, -0.25) is 4.79 Å². The summed E-state index contributed by atoms with van der Waals surface area (Å²) in [6.07, 6.45) is 1.79. The van der Waals surface area contributed by atoms with E-state index < -0.39 is 23.9 Å². The number of nitrogens with zero attached hydrogens (tertiary/aromatic N) is 3. The molecule has 31 heavy (non-hydrogen) atoms. The Bertz CT molecular complexity index is 1070. The summed E-state index contributed by atoms with van der Waals surface area (Å²) >= 11 is 0. The molecule has 3 aromatic rings. The van der Waals surface area contributed by atoms with Crippen LogP contribution in [0.2, 0.25) is 0 Å². The molecule has 2 aromatic heterocycles. The molecule has 162 valence electrons. The number of amides is 1. The van der Waals surface area contributed by atoms with E-state index in [4.69, 9.17) is 16.0 Å². The fourth-order valence-corrected chi connectivity index (χ4v) is 3.47. The Morgan fingerprint density at radius 3 is 2.77 bits per heavy atom. The minimum atomic E-state index is -2.97. The maximum absolute atomic E-state index is 13.9. The summed E-state index contributed by atoms with van der Waals surface area (Å²) in [4.78, 5) is 20.1. The number of aromatic nitrogens is 3. The average Bonchev–Trinajstić information content (AvgIpc) is 3.20. The largest absolute Gasteiger partial charge is 0.364 e. The number of alkyl halides is 2. The molecule has 1 fully saturated rings. The minimum Gasteiger partial charge on any atom is -0.364 e. The molecule has 1 aliphatic carbocycles. The second-order valence-electron chi connectivity index (χ2n) is 7.31. The Morgan fingerprint density at radius 1 is 1.26 bits per heavy atom. The molecule has 0 saturated heterocycles. The number of hydrogen-bond acceptors (Lipinski definition) is 8. The van der Waals surface area contributed by atoms with Crippen molar-refractivity contribution in [3.05, 3.63) is 48.3 Å². The van der Waals surface area contributed by atoms with Gasteiger partial charge in [-0.1, -0.05) is 35.5 Å². The highest BCUT2D eigenvalue weighted by atomic mass is 19.3. The summed E-state index contributed by atoms with van der Waals surface area (Å²) in [5, 5.41) is 9.70. The third-order valence-electron chi connectivity index (χ3n) is 5.11. The van der Waals surface area contributed by atoms with Gasteiger partial charge in [-0.25, -0.2) is 18.7 Å². The summed E-state index contributed by atoms with van der Waals surface area (Å²) in [5.41, 5.74) is 12.4. The van der Waals surface area contributed by atoms with Gasteiger partial charge in [-0.15, -0.1) is 0 Å². The lowest BCUT2D eigenvalue weighted by Crippen LogP contribution is -2.55. The molecule has 2 atom stereocenters. The molecule has 1 aliphatic rings. The van der Waals surface area contributed by atoms with Crippen molar-refractivity contribution in [2.24, 2.45) is 11.5 Å². The average molecular weight is 429 g/mol. The predicted molar refractivity (Wildman–Crippen MR) is 110 cm³/mol. The Labute approximate surface area is 176 Å². The van der Waals surface area contributed by atoms with Gasteiger partial charge in [0.15, 0.2) is 11.5 Å². The lowest BCUT2D eigenvalue weighted by Gasteiger charge is -2.36. The van der Waals surface area contributed by atoms with Crippen molar-refractivity contribution < 1.29 is 18.1 Å². The highest BCUT2D eigenvalue weighted by Crippen LogP contribution is 2.34. The topological polar surface area (TPSA) is 145 Å². The molecule has 0 radical (unpaired) electrons. The van der Waals surface area contributed by atoms with Crippen LogP contribution in [0.4, 0.5) is 26.3 Å². The van der Waals surface area contributed by atoms with Crippen LogP contribution in [0.25, 0.3) is 11.3 Å². The van der Waals surface area contributed by atoms with Crippen molar-refractivity contribution in [3.8, 4) is 11.3 Å². The van der Waals surface area contributed by atoms with E-state index in [1.165, 1.54) is 6.20 Å². The molecule has 0 spiro atoms. The van der Waals surface area contributed by atoms with Crippen LogP contribution < -0.4 is 22.1 Å². The summed E-state index contributed by atoms with van der Waals surface area (Å²) in [5.74, 6) is -3.40. The molecule has 2 unspecified atom stereocenters. The first-order chi connectivity index (χ1) is 14.8. The van der Waals surface area contributed by atoms with Crippen molar-refractivity contribution in [3.63, 3.8) is 0 Å². The highest BCUT2D eigenvalue weighted by molar-refractivity contribution is 5.96. The molecule has 1 amide bonds. The maximum Gasteiger partial charge on any atom is 0.271 e. The van der Waals surface area contributed by atoms with Gasteiger partial charge < -0.3 is 26.6 Å². The summed E-state index contributed by atoms with van der Waals surface area (Å²) in [6, 6.07) is 8.90. The molecule has 11 heteroatoms. The van der Waals surface area contributed by atoms with E-state index in [-0.39, 0.29) is 29.6 Å². The van der Waals surface area contributed by atoms with Gasteiger partial charge >= 0.3 is 0 Å². The molecule has 0 bridgehead atoms. The van der Waals surface area contributed by atoms with Crippen LogP contribution in [0.5, 0.6) is 0 Å². The van der Waals surface area contributed by atoms with Gasteiger partial charge in [0.05, 0.1) is 12.2 Å². The van der Waals surface area contributed by atoms with Crippen LogP contribution in [0.15, 0.2) is 47.1 Å². The van der Waals surface area contributed by atoms with Gasteiger partial charge in [0.2, 0.25) is 5.88 Å². The normalized spacial score (nSPS) is 20.2. The van der Waals surface area contributed by atoms with E-state index in [0.717, 1.165) is 5.56 Å². The number of rotatable bonds is 6. The SMILES string of the molecule is NC(=O)c1ncc(NC2CCCC(F)(F)C2N)nc1Nc1cc(-c2ccccc2)no1. The van der Waals surface area contributed by atoms with Gasteiger partial charge in [0, 0.05) is 24.1 Å². The quantitative estimate of drug-likeness (QED) is 0.468. The zero-order chi connectivity index (χ0) is 22.0. The number of halogens is 2. The molecule has 9 nitrogen and oxygen atoms in total. The van der Waals surface area contributed by atoms with Crippen molar-refractivity contribution in [1.82, 2.24) is 15.1 Å². The van der Waals surface area contributed by atoms with Gasteiger partial charge in [0.1, 0.15) is 11.5 Å². The van der Waals surface area contributed by atoms with Gasteiger partial charge in [0.25, 0.3) is 11.8 Å². The second-order valence-corrected chi connectivity index (χ2v) is 7.31. The van der Waals surface area contributed by atoms with E-state index in [1.54, 1.807) is 6.07 Å². The molecule has 1 aromatic carbocycles. The van der Waals surface area contributed by atoms with Crippen LogP contribution in [0, 0.1) is 0 Å². The Morgan fingerprint density at radius 2 is 2.03 bits per heavy atom. The summed E-state index contributed by atoms with van der Waals surface area (Å²) < 4.78 is 33.1. The Balaban J connectivity index is 1.57. The fraction of sp³-hybridized carbons (Fsp3) is 0.300. The molecular weight excluding hydrogens is 408 g/mol. The first kappa shape index (κ1) is 20.7. The fourth-order valence-electron chi connectivity index (χ4n) is 3.47. The van der Waals surface area contributed by atoms with Crippen LogP contribution >= 0.6 is 0 Å². The van der Waals surface area contributed by atoms with Crippen molar-refractivity contribution in [2.75, 3.05) is 10.6 Å². The Hall–Kier alpha value is -3.60. The number of nitrogens with two attached hydrogens (primary N) is 2. The monoisotopic (exact) mass is 429 g/mol. The maximum atomic E-state index is 13.9. The molecule has 4 rings (SSSR count). The lowest BCUT2D eigenvalue weighted by atomic mass is 9.87. The first-order valence-corrected chi connectivity index (χ1v) is 9.69. The third-order valence-corrected chi connectivity index (χ3v) is 5.11. The standard InChI is InChI=1S/C20H21F2N7O2/c21-20(22)8-4-7-12(17(20)23)26-14-10-25-16(18(24)30)19(27-14)28-15-9-13(29-31-15)11-5-2-1-3-6-11/h1-3,5-6,9-10,12,17H,4,7-8,23H2,(H2,24,30)(H2,26,27,28). The van der Waals surface area contributed by atoms with E-state index in [9.17, 15) is 13.6 Å². The first-order valence-electron chi connectivity index (χ1n) is 9.69. The van der Waals surface area contributed by atoms with Gasteiger partial charge in [-0.05, 0) is 12.8 Å². The van der Waals surface area contributed by atoms with Crippen molar-refractivity contribution in [1.29, 1.82) is 0 Å². The van der Waals surface area contributed by atoms with Crippen molar-refractivity contribution in [2.45, 2.75) is 37.3 Å². The van der Waals surface area contributed by atoms with Gasteiger partial charge in [-0.2, -0.15) is 0 Å². The summed E-state index contributed by atoms with van der Waals surface area (Å²) in [7, 11) is 0. The minimum absolute atomic E-state index is 0.00408. The lowest BCUT2D eigenvalue weighted by molar-refractivity contribution is -0.0554. The van der Waals surface area contributed by atoms with Crippen LogP contribution in [-0.4, -0.2) is 39.0 Å².